The Kier molecular flexibility index (Phi) is 4.28. The second kappa shape index (κ2) is 6.99. The third-order valence-corrected chi connectivity index (χ3v) is 5.69. The molecule has 6 nitrogen and oxygen atoms in total. The fourth-order valence-corrected chi connectivity index (χ4v) is 3.74. The van der Waals surface area contributed by atoms with E-state index in [1.807, 2.05) is 42.5 Å². The average molecular weight is 400 g/mol. The number of fused-ring (bicyclic) bond motifs is 1. The summed E-state index contributed by atoms with van der Waals surface area (Å²) in [7, 11) is 0. The number of ether oxygens (including phenoxy) is 2. The monoisotopic (exact) mass is 400 g/mol. The van der Waals surface area contributed by atoms with Crippen LogP contribution >= 0.6 is 0 Å². The Balaban J connectivity index is 1.36. The number of pyridine rings is 1. The first kappa shape index (κ1) is 18.4. The van der Waals surface area contributed by atoms with Crippen LogP contribution in [0.5, 0.6) is 11.5 Å². The lowest BCUT2D eigenvalue weighted by molar-refractivity contribution is -0.118. The molecule has 30 heavy (non-hydrogen) atoms. The third kappa shape index (κ3) is 3.20. The highest BCUT2D eigenvalue weighted by molar-refractivity contribution is 6.01. The first-order chi connectivity index (χ1) is 14.5. The summed E-state index contributed by atoms with van der Waals surface area (Å²) in [6.07, 6.45) is 1.56. The zero-order chi connectivity index (χ0) is 20.7. The van der Waals surface area contributed by atoms with E-state index in [2.05, 4.69) is 10.3 Å². The molecule has 0 atom stereocenters. The number of benzene rings is 2. The van der Waals surface area contributed by atoms with Crippen LogP contribution in [0.3, 0.4) is 0 Å². The summed E-state index contributed by atoms with van der Waals surface area (Å²) in [5, 5.41) is 2.97. The lowest BCUT2D eigenvalue weighted by Gasteiger charge is -2.16. The number of ketones is 1. The van der Waals surface area contributed by atoms with Crippen molar-refractivity contribution in [3.63, 3.8) is 0 Å². The van der Waals surface area contributed by atoms with Gasteiger partial charge in [0.2, 0.25) is 12.7 Å². The van der Waals surface area contributed by atoms with Gasteiger partial charge in [-0.1, -0.05) is 36.4 Å². The van der Waals surface area contributed by atoms with Crippen molar-refractivity contribution in [3.05, 3.63) is 71.8 Å². The molecule has 2 heterocycles. The highest BCUT2D eigenvalue weighted by Gasteiger charge is 2.51. The molecule has 1 N–H and O–H groups in total. The van der Waals surface area contributed by atoms with E-state index in [-0.39, 0.29) is 18.5 Å². The maximum Gasteiger partial charge on any atom is 0.236 e. The number of nitrogens with zero attached hydrogens (tertiary/aromatic N) is 1. The van der Waals surface area contributed by atoms with Gasteiger partial charge in [0.1, 0.15) is 5.82 Å². The summed E-state index contributed by atoms with van der Waals surface area (Å²) < 4.78 is 10.8. The van der Waals surface area contributed by atoms with Crippen molar-refractivity contribution in [1.82, 2.24) is 4.98 Å². The number of rotatable bonds is 5. The zero-order valence-electron chi connectivity index (χ0n) is 16.5. The number of nitrogens with one attached hydrogen (secondary N) is 1. The van der Waals surface area contributed by atoms with Crippen molar-refractivity contribution in [1.29, 1.82) is 0 Å². The number of carbonyl (C=O) groups is 2. The quantitative estimate of drug-likeness (QED) is 0.644. The SMILES string of the molecule is CC(=O)c1ccc(-c2cccc(NC(=O)C3(c4ccc5c(c4)OCO5)CC3)n2)cc1. The van der Waals surface area contributed by atoms with Gasteiger partial charge in [0.25, 0.3) is 0 Å². The Labute approximate surface area is 173 Å². The highest BCUT2D eigenvalue weighted by Crippen LogP contribution is 2.51. The van der Waals surface area contributed by atoms with Gasteiger partial charge in [0.15, 0.2) is 17.3 Å². The molecule has 1 aliphatic carbocycles. The van der Waals surface area contributed by atoms with E-state index in [1.165, 1.54) is 6.92 Å². The van der Waals surface area contributed by atoms with Gasteiger partial charge in [-0.05, 0) is 49.6 Å². The maximum atomic E-state index is 13.1. The molecule has 6 heteroatoms. The molecule has 1 aromatic heterocycles. The molecule has 3 aromatic rings. The highest BCUT2D eigenvalue weighted by atomic mass is 16.7. The minimum absolute atomic E-state index is 0.0220. The summed E-state index contributed by atoms with van der Waals surface area (Å²) in [5.41, 5.74) is 2.65. The predicted molar refractivity (Wildman–Crippen MR) is 112 cm³/mol. The van der Waals surface area contributed by atoms with Crippen LogP contribution in [0, 0.1) is 0 Å². The number of hydrogen-bond donors (Lipinski definition) is 1. The second-order valence-corrected chi connectivity index (χ2v) is 7.65. The molecular weight excluding hydrogens is 380 g/mol. The van der Waals surface area contributed by atoms with Crippen LogP contribution in [0.2, 0.25) is 0 Å². The molecule has 1 aliphatic heterocycles. The van der Waals surface area contributed by atoms with Gasteiger partial charge in [-0.25, -0.2) is 4.98 Å². The Morgan fingerprint density at radius 1 is 0.967 bits per heavy atom. The molecule has 0 unspecified atom stereocenters. The van der Waals surface area contributed by atoms with Gasteiger partial charge < -0.3 is 14.8 Å². The van der Waals surface area contributed by atoms with Crippen LogP contribution in [0.1, 0.15) is 35.7 Å². The van der Waals surface area contributed by atoms with Crippen molar-refractivity contribution in [2.24, 2.45) is 0 Å². The van der Waals surface area contributed by atoms with Crippen molar-refractivity contribution in [3.8, 4) is 22.8 Å². The molecule has 2 aromatic carbocycles. The number of carbonyl (C=O) groups excluding carboxylic acids is 2. The first-order valence-electron chi connectivity index (χ1n) is 9.85. The molecule has 0 spiro atoms. The molecule has 0 saturated heterocycles. The minimum atomic E-state index is -0.554. The van der Waals surface area contributed by atoms with Crippen molar-refractivity contribution in [2.75, 3.05) is 12.1 Å². The minimum Gasteiger partial charge on any atom is -0.454 e. The van der Waals surface area contributed by atoms with Crippen molar-refractivity contribution < 1.29 is 19.1 Å². The van der Waals surface area contributed by atoms with E-state index < -0.39 is 5.41 Å². The predicted octanol–water partition coefficient (Wildman–Crippen LogP) is 4.35. The van der Waals surface area contributed by atoms with Gasteiger partial charge in [-0.2, -0.15) is 0 Å². The summed E-state index contributed by atoms with van der Waals surface area (Å²) in [6, 6.07) is 18.5. The normalized spacial score (nSPS) is 15.5. The Hall–Kier alpha value is -3.67. The number of Topliss-reactive ketones (excluding diaryl/α,β-unsaturated/α-hetero) is 1. The van der Waals surface area contributed by atoms with Gasteiger partial charge >= 0.3 is 0 Å². The molecular formula is C24H20N2O4. The lowest BCUT2D eigenvalue weighted by Crippen LogP contribution is -2.28. The second-order valence-electron chi connectivity index (χ2n) is 7.65. The van der Waals surface area contributed by atoms with Crippen LogP contribution in [0.4, 0.5) is 5.82 Å². The van der Waals surface area contributed by atoms with E-state index in [0.29, 0.717) is 22.9 Å². The molecule has 0 bridgehead atoms. The molecule has 2 aliphatic rings. The molecule has 150 valence electrons. The van der Waals surface area contributed by atoms with Crippen LogP contribution in [0.25, 0.3) is 11.3 Å². The summed E-state index contributed by atoms with van der Waals surface area (Å²) in [6.45, 7) is 1.75. The summed E-state index contributed by atoms with van der Waals surface area (Å²) in [5.74, 6) is 1.84. The third-order valence-electron chi connectivity index (χ3n) is 5.69. The van der Waals surface area contributed by atoms with Gasteiger partial charge in [0, 0.05) is 11.1 Å². The summed E-state index contributed by atoms with van der Waals surface area (Å²) >= 11 is 0. The standard InChI is InChI=1S/C24H20N2O4/c1-15(27)16-5-7-17(8-6-16)19-3-2-4-22(25-19)26-23(28)24(11-12-24)18-9-10-20-21(13-18)30-14-29-20/h2-10,13H,11-12,14H2,1H3,(H,25,26,28). The first-order valence-corrected chi connectivity index (χ1v) is 9.85. The zero-order valence-corrected chi connectivity index (χ0v) is 16.5. The Morgan fingerprint density at radius 3 is 2.47 bits per heavy atom. The average Bonchev–Trinajstić information content (AvgIpc) is 3.45. The van der Waals surface area contributed by atoms with Gasteiger partial charge in [-0.3, -0.25) is 9.59 Å². The molecule has 0 radical (unpaired) electrons. The number of anilines is 1. The summed E-state index contributed by atoms with van der Waals surface area (Å²) in [4.78, 5) is 29.2. The largest absolute Gasteiger partial charge is 0.454 e. The van der Waals surface area contributed by atoms with E-state index in [9.17, 15) is 9.59 Å². The van der Waals surface area contributed by atoms with E-state index in [1.54, 1.807) is 18.2 Å². The Bertz CT molecular complexity index is 1150. The molecule has 1 amide bonds. The van der Waals surface area contributed by atoms with Crippen LogP contribution in [-0.2, 0) is 10.2 Å². The molecule has 1 fully saturated rings. The van der Waals surface area contributed by atoms with E-state index >= 15 is 0 Å². The molecule has 1 saturated carbocycles. The fraction of sp³-hybridized carbons (Fsp3) is 0.208. The van der Waals surface area contributed by atoms with Crippen LogP contribution in [0.15, 0.2) is 60.7 Å². The smallest absolute Gasteiger partial charge is 0.236 e. The van der Waals surface area contributed by atoms with Crippen molar-refractivity contribution in [2.45, 2.75) is 25.2 Å². The van der Waals surface area contributed by atoms with Gasteiger partial charge in [-0.15, -0.1) is 0 Å². The number of hydrogen-bond acceptors (Lipinski definition) is 5. The lowest BCUT2D eigenvalue weighted by atomic mass is 9.94. The van der Waals surface area contributed by atoms with Crippen LogP contribution < -0.4 is 14.8 Å². The maximum absolute atomic E-state index is 13.1. The van der Waals surface area contributed by atoms with Crippen molar-refractivity contribution >= 4 is 17.5 Å². The topological polar surface area (TPSA) is 77.5 Å². The number of aromatic nitrogens is 1. The van der Waals surface area contributed by atoms with E-state index in [4.69, 9.17) is 9.47 Å². The van der Waals surface area contributed by atoms with Crippen LogP contribution in [-0.4, -0.2) is 23.5 Å². The fourth-order valence-electron chi connectivity index (χ4n) is 3.74. The molecule has 5 rings (SSSR count). The Morgan fingerprint density at radius 2 is 1.73 bits per heavy atom. The number of amides is 1. The van der Waals surface area contributed by atoms with E-state index in [0.717, 1.165) is 29.7 Å². The van der Waals surface area contributed by atoms with Gasteiger partial charge in [0.05, 0.1) is 11.1 Å².